The average Bonchev–Trinajstić information content (AvgIpc) is 2.46. The van der Waals surface area contributed by atoms with E-state index >= 15 is 0 Å². The SMILES string of the molecule is COC(=O)C1CN(c2cc(SC)ncn2)CCO1. The summed E-state index contributed by atoms with van der Waals surface area (Å²) < 4.78 is 10.1. The van der Waals surface area contributed by atoms with Gasteiger partial charge in [-0.05, 0) is 6.26 Å². The molecule has 0 bridgehead atoms. The highest BCUT2D eigenvalue weighted by atomic mass is 32.2. The second-order valence-electron chi connectivity index (χ2n) is 3.75. The molecule has 0 radical (unpaired) electrons. The lowest BCUT2D eigenvalue weighted by Crippen LogP contribution is -2.46. The Morgan fingerprint density at radius 1 is 1.61 bits per heavy atom. The predicted molar refractivity (Wildman–Crippen MR) is 67.8 cm³/mol. The summed E-state index contributed by atoms with van der Waals surface area (Å²) in [6.07, 6.45) is 2.95. The smallest absolute Gasteiger partial charge is 0.336 e. The summed E-state index contributed by atoms with van der Waals surface area (Å²) in [5, 5.41) is 0.904. The second-order valence-corrected chi connectivity index (χ2v) is 4.57. The third-order valence-electron chi connectivity index (χ3n) is 2.69. The number of nitrogens with zero attached hydrogens (tertiary/aromatic N) is 3. The molecule has 1 fully saturated rings. The molecule has 1 aromatic heterocycles. The minimum atomic E-state index is -0.545. The molecule has 1 aliphatic rings. The van der Waals surface area contributed by atoms with Crippen molar-refractivity contribution in [3.63, 3.8) is 0 Å². The summed E-state index contributed by atoms with van der Waals surface area (Å²) in [6, 6.07) is 1.91. The van der Waals surface area contributed by atoms with E-state index in [9.17, 15) is 4.79 Å². The van der Waals surface area contributed by atoms with Crippen LogP contribution in [0, 0.1) is 0 Å². The van der Waals surface area contributed by atoms with Crippen LogP contribution in [0.1, 0.15) is 0 Å². The van der Waals surface area contributed by atoms with E-state index in [-0.39, 0.29) is 5.97 Å². The van der Waals surface area contributed by atoms with E-state index in [0.717, 1.165) is 10.8 Å². The summed E-state index contributed by atoms with van der Waals surface area (Å²) in [6.45, 7) is 1.65. The maximum Gasteiger partial charge on any atom is 0.336 e. The molecule has 1 aliphatic heterocycles. The van der Waals surface area contributed by atoms with E-state index in [1.54, 1.807) is 11.8 Å². The molecule has 0 spiro atoms. The molecule has 1 atom stereocenters. The maximum absolute atomic E-state index is 11.5. The van der Waals surface area contributed by atoms with Gasteiger partial charge in [-0.3, -0.25) is 0 Å². The van der Waals surface area contributed by atoms with Crippen molar-refractivity contribution in [1.29, 1.82) is 0 Å². The van der Waals surface area contributed by atoms with Crippen molar-refractivity contribution in [2.24, 2.45) is 0 Å². The molecular weight excluding hydrogens is 254 g/mol. The number of hydrogen-bond acceptors (Lipinski definition) is 7. The van der Waals surface area contributed by atoms with Crippen molar-refractivity contribution in [3.8, 4) is 0 Å². The first-order valence-electron chi connectivity index (χ1n) is 5.55. The number of esters is 1. The zero-order valence-electron chi connectivity index (χ0n) is 10.3. The van der Waals surface area contributed by atoms with Crippen LogP contribution in [0.3, 0.4) is 0 Å². The summed E-state index contributed by atoms with van der Waals surface area (Å²) in [4.78, 5) is 21.8. The molecule has 1 saturated heterocycles. The molecule has 0 saturated carbocycles. The van der Waals surface area contributed by atoms with E-state index in [1.165, 1.54) is 13.4 Å². The molecule has 98 valence electrons. The fraction of sp³-hybridized carbons (Fsp3) is 0.545. The summed E-state index contributed by atoms with van der Waals surface area (Å²) in [5.74, 6) is 0.463. The van der Waals surface area contributed by atoms with E-state index < -0.39 is 6.10 Å². The number of thioether (sulfide) groups is 1. The molecule has 0 aromatic carbocycles. The lowest BCUT2D eigenvalue weighted by atomic mass is 10.2. The molecule has 2 rings (SSSR count). The molecule has 0 amide bonds. The number of carbonyl (C=O) groups is 1. The lowest BCUT2D eigenvalue weighted by molar-refractivity contribution is -0.154. The summed E-state index contributed by atoms with van der Waals surface area (Å²) >= 11 is 1.56. The Morgan fingerprint density at radius 3 is 3.17 bits per heavy atom. The Morgan fingerprint density at radius 2 is 2.44 bits per heavy atom. The van der Waals surface area contributed by atoms with Gasteiger partial charge in [-0.2, -0.15) is 0 Å². The predicted octanol–water partition coefficient (Wildman–Crippen LogP) is 0.577. The van der Waals surface area contributed by atoms with Crippen LogP contribution in [0.15, 0.2) is 17.4 Å². The van der Waals surface area contributed by atoms with E-state index in [0.29, 0.717) is 19.7 Å². The van der Waals surface area contributed by atoms with Gasteiger partial charge in [-0.25, -0.2) is 14.8 Å². The minimum absolute atomic E-state index is 0.348. The number of carbonyl (C=O) groups excluding carboxylic acids is 1. The number of anilines is 1. The maximum atomic E-state index is 11.5. The molecule has 18 heavy (non-hydrogen) atoms. The van der Waals surface area contributed by atoms with E-state index in [4.69, 9.17) is 9.47 Å². The molecular formula is C11H15N3O3S. The number of methoxy groups -OCH3 is 1. The van der Waals surface area contributed by atoms with Gasteiger partial charge in [0.05, 0.1) is 20.3 Å². The third-order valence-corrected chi connectivity index (χ3v) is 3.33. The van der Waals surface area contributed by atoms with Gasteiger partial charge in [0.1, 0.15) is 17.2 Å². The first-order valence-corrected chi connectivity index (χ1v) is 6.77. The molecule has 7 heteroatoms. The van der Waals surface area contributed by atoms with Gasteiger partial charge in [0.2, 0.25) is 0 Å². The van der Waals surface area contributed by atoms with Gasteiger partial charge in [-0.15, -0.1) is 11.8 Å². The number of hydrogen-bond donors (Lipinski definition) is 0. The van der Waals surface area contributed by atoms with Gasteiger partial charge < -0.3 is 14.4 Å². The molecule has 6 nitrogen and oxygen atoms in total. The van der Waals surface area contributed by atoms with Crippen molar-refractivity contribution in [1.82, 2.24) is 9.97 Å². The quantitative estimate of drug-likeness (QED) is 0.451. The van der Waals surface area contributed by atoms with E-state index in [2.05, 4.69) is 9.97 Å². The fourth-order valence-corrected chi connectivity index (χ4v) is 2.12. The fourth-order valence-electron chi connectivity index (χ4n) is 1.75. The van der Waals surface area contributed by atoms with Crippen molar-refractivity contribution in [2.75, 3.05) is 38.0 Å². The number of morpholine rings is 1. The van der Waals surface area contributed by atoms with Crippen LogP contribution in [0.4, 0.5) is 5.82 Å². The van der Waals surface area contributed by atoms with Gasteiger partial charge in [0.25, 0.3) is 0 Å². The number of rotatable bonds is 3. The van der Waals surface area contributed by atoms with Crippen molar-refractivity contribution >= 4 is 23.5 Å². The van der Waals surface area contributed by atoms with Crippen molar-refractivity contribution in [3.05, 3.63) is 12.4 Å². The zero-order chi connectivity index (χ0) is 13.0. The monoisotopic (exact) mass is 269 g/mol. The topological polar surface area (TPSA) is 64.5 Å². The first-order chi connectivity index (χ1) is 8.74. The highest BCUT2D eigenvalue weighted by Gasteiger charge is 2.28. The van der Waals surface area contributed by atoms with Crippen LogP contribution in [-0.2, 0) is 14.3 Å². The summed E-state index contributed by atoms with van der Waals surface area (Å²) in [7, 11) is 1.36. The average molecular weight is 269 g/mol. The molecule has 0 aliphatic carbocycles. The van der Waals surface area contributed by atoms with Crippen LogP contribution in [0.2, 0.25) is 0 Å². The molecule has 0 N–H and O–H groups in total. The standard InChI is InChI=1S/C11H15N3O3S/c1-16-11(15)8-6-14(3-4-17-8)9-5-10(18-2)13-7-12-9/h5,7-8H,3-4,6H2,1-2H3. The van der Waals surface area contributed by atoms with Crippen LogP contribution in [0.5, 0.6) is 0 Å². The minimum Gasteiger partial charge on any atom is -0.467 e. The Hall–Kier alpha value is -1.34. The van der Waals surface area contributed by atoms with Crippen LogP contribution >= 0.6 is 11.8 Å². The first kappa shape index (κ1) is 13.1. The second kappa shape index (κ2) is 6.01. The van der Waals surface area contributed by atoms with Crippen molar-refractivity contribution in [2.45, 2.75) is 11.1 Å². The molecule has 2 heterocycles. The Labute approximate surface area is 110 Å². The normalized spacial score (nSPS) is 19.7. The molecule has 1 aromatic rings. The lowest BCUT2D eigenvalue weighted by Gasteiger charge is -2.32. The van der Waals surface area contributed by atoms with E-state index in [1.807, 2.05) is 17.2 Å². The number of aromatic nitrogens is 2. The van der Waals surface area contributed by atoms with Crippen molar-refractivity contribution < 1.29 is 14.3 Å². The summed E-state index contributed by atoms with van der Waals surface area (Å²) in [5.41, 5.74) is 0. The number of ether oxygens (including phenoxy) is 2. The Kier molecular flexibility index (Phi) is 4.38. The van der Waals surface area contributed by atoms with Crippen LogP contribution < -0.4 is 4.90 Å². The van der Waals surface area contributed by atoms with Gasteiger partial charge in [0.15, 0.2) is 6.10 Å². The Bertz CT molecular complexity index is 430. The third kappa shape index (κ3) is 2.91. The van der Waals surface area contributed by atoms with Crippen LogP contribution in [-0.4, -0.2) is 55.1 Å². The van der Waals surface area contributed by atoms with Gasteiger partial charge >= 0.3 is 5.97 Å². The highest BCUT2D eigenvalue weighted by molar-refractivity contribution is 7.98. The zero-order valence-corrected chi connectivity index (χ0v) is 11.1. The largest absolute Gasteiger partial charge is 0.467 e. The Balaban J connectivity index is 2.10. The van der Waals surface area contributed by atoms with Gasteiger partial charge in [0, 0.05) is 12.6 Å². The van der Waals surface area contributed by atoms with Crippen LogP contribution in [0.25, 0.3) is 0 Å². The highest BCUT2D eigenvalue weighted by Crippen LogP contribution is 2.19. The van der Waals surface area contributed by atoms with Gasteiger partial charge in [-0.1, -0.05) is 0 Å². The molecule has 1 unspecified atom stereocenters.